The van der Waals surface area contributed by atoms with E-state index in [4.69, 9.17) is 14.2 Å². The van der Waals surface area contributed by atoms with E-state index in [0.717, 1.165) is 11.1 Å². The molecule has 0 spiro atoms. The van der Waals surface area contributed by atoms with Gasteiger partial charge >= 0.3 is 0 Å². The minimum Gasteiger partial charge on any atom is -0.507 e. The Morgan fingerprint density at radius 1 is 0.897 bits per heavy atom. The minimum absolute atomic E-state index is 0.0371. The molecule has 0 bridgehead atoms. The van der Waals surface area contributed by atoms with Gasteiger partial charge in [-0.2, -0.15) is 0 Å². The summed E-state index contributed by atoms with van der Waals surface area (Å²) in [6, 6.07) is 19.1. The molecule has 3 aromatic carbocycles. The summed E-state index contributed by atoms with van der Waals surface area (Å²) in [6.45, 7) is 8.08. The van der Waals surface area contributed by atoms with Gasteiger partial charge in [0.2, 0.25) is 0 Å². The number of methoxy groups -OCH3 is 2. The van der Waals surface area contributed by atoms with E-state index in [9.17, 15) is 14.7 Å². The summed E-state index contributed by atoms with van der Waals surface area (Å²) in [5.74, 6) is 0.478. The number of benzene rings is 3. The van der Waals surface area contributed by atoms with E-state index in [1.54, 1.807) is 26.4 Å². The molecule has 7 heteroatoms. The summed E-state index contributed by atoms with van der Waals surface area (Å²) < 4.78 is 16.6. The molecule has 1 amide bonds. The van der Waals surface area contributed by atoms with Gasteiger partial charge in [0.25, 0.3) is 11.7 Å². The number of amides is 1. The maximum absolute atomic E-state index is 13.5. The second-order valence-electron chi connectivity index (χ2n) is 10.1. The number of likely N-dealkylation sites (tertiary alicyclic amines) is 1. The van der Waals surface area contributed by atoms with Gasteiger partial charge in [-0.15, -0.1) is 0 Å². The summed E-state index contributed by atoms with van der Waals surface area (Å²) in [4.78, 5) is 28.5. The fourth-order valence-electron chi connectivity index (χ4n) is 4.84. The lowest BCUT2D eigenvalue weighted by molar-refractivity contribution is -0.140. The Labute approximate surface area is 229 Å². The van der Waals surface area contributed by atoms with Crippen molar-refractivity contribution in [1.29, 1.82) is 0 Å². The number of carbonyl (C=O) groups is 2. The Morgan fingerprint density at radius 3 is 2.23 bits per heavy atom. The Balaban J connectivity index is 1.87. The van der Waals surface area contributed by atoms with Crippen molar-refractivity contribution in [2.24, 2.45) is 0 Å². The SMILES string of the molecule is COc1ccc(CN2C(=O)C(=O)/C(=C(/O)c3ccc(OC)c(C(C)C)c3)C2c2cccc(OC(C)C)c2)cc1. The molecule has 1 saturated heterocycles. The summed E-state index contributed by atoms with van der Waals surface area (Å²) in [6.07, 6.45) is -0.0559. The molecule has 204 valence electrons. The number of aliphatic hydroxyl groups excluding tert-OH is 1. The first-order chi connectivity index (χ1) is 18.6. The van der Waals surface area contributed by atoms with Gasteiger partial charge in [-0.3, -0.25) is 9.59 Å². The van der Waals surface area contributed by atoms with Crippen molar-refractivity contribution in [2.45, 2.75) is 52.3 Å². The zero-order valence-corrected chi connectivity index (χ0v) is 23.2. The summed E-state index contributed by atoms with van der Waals surface area (Å²) in [7, 11) is 3.18. The topological polar surface area (TPSA) is 85.3 Å². The Morgan fingerprint density at radius 2 is 1.62 bits per heavy atom. The van der Waals surface area contributed by atoms with Crippen LogP contribution in [0.4, 0.5) is 0 Å². The highest BCUT2D eigenvalue weighted by molar-refractivity contribution is 6.46. The van der Waals surface area contributed by atoms with Crippen LogP contribution in [0, 0.1) is 0 Å². The largest absolute Gasteiger partial charge is 0.507 e. The van der Waals surface area contributed by atoms with Crippen LogP contribution in [0.2, 0.25) is 0 Å². The molecule has 3 aromatic rings. The summed E-state index contributed by atoms with van der Waals surface area (Å²) in [5, 5.41) is 11.6. The van der Waals surface area contributed by atoms with Crippen LogP contribution in [0.15, 0.2) is 72.3 Å². The highest BCUT2D eigenvalue weighted by Crippen LogP contribution is 2.42. The molecule has 1 heterocycles. The fourth-order valence-corrected chi connectivity index (χ4v) is 4.84. The van der Waals surface area contributed by atoms with E-state index in [-0.39, 0.29) is 29.9 Å². The maximum atomic E-state index is 13.5. The Hall–Kier alpha value is -4.26. The van der Waals surface area contributed by atoms with E-state index >= 15 is 0 Å². The molecule has 1 fully saturated rings. The number of aliphatic hydroxyl groups is 1. The van der Waals surface area contributed by atoms with Crippen molar-refractivity contribution in [1.82, 2.24) is 4.90 Å². The summed E-state index contributed by atoms with van der Waals surface area (Å²) >= 11 is 0. The van der Waals surface area contributed by atoms with Crippen LogP contribution in [0.25, 0.3) is 5.76 Å². The molecule has 4 rings (SSSR count). The van der Waals surface area contributed by atoms with Gasteiger partial charge in [0.1, 0.15) is 23.0 Å². The molecule has 1 aliphatic rings. The first-order valence-electron chi connectivity index (χ1n) is 13.0. The average Bonchev–Trinajstić information content (AvgIpc) is 3.17. The number of nitrogens with zero attached hydrogens (tertiary/aromatic N) is 1. The Kier molecular flexibility index (Phi) is 8.29. The minimum atomic E-state index is -0.813. The lowest BCUT2D eigenvalue weighted by atomic mass is 9.93. The van der Waals surface area contributed by atoms with Crippen LogP contribution in [0.5, 0.6) is 17.2 Å². The molecular weight excluding hydrogens is 494 g/mol. The van der Waals surface area contributed by atoms with Crippen molar-refractivity contribution in [3.63, 3.8) is 0 Å². The molecule has 0 radical (unpaired) electrons. The molecule has 1 unspecified atom stereocenters. The third-order valence-corrected chi connectivity index (χ3v) is 6.72. The second-order valence-corrected chi connectivity index (χ2v) is 10.1. The highest BCUT2D eigenvalue weighted by Gasteiger charge is 2.46. The zero-order chi connectivity index (χ0) is 28.3. The van der Waals surface area contributed by atoms with Gasteiger partial charge in [-0.25, -0.2) is 0 Å². The first-order valence-corrected chi connectivity index (χ1v) is 13.0. The molecule has 1 atom stereocenters. The molecule has 1 N–H and O–H groups in total. The molecule has 1 aliphatic heterocycles. The summed E-state index contributed by atoms with van der Waals surface area (Å²) in [5.41, 5.74) is 2.86. The van der Waals surface area contributed by atoms with E-state index in [0.29, 0.717) is 28.4 Å². The van der Waals surface area contributed by atoms with Crippen molar-refractivity contribution in [3.8, 4) is 17.2 Å². The monoisotopic (exact) mass is 529 g/mol. The smallest absolute Gasteiger partial charge is 0.295 e. The van der Waals surface area contributed by atoms with E-state index < -0.39 is 17.7 Å². The van der Waals surface area contributed by atoms with Crippen molar-refractivity contribution >= 4 is 17.4 Å². The maximum Gasteiger partial charge on any atom is 0.295 e. The van der Waals surface area contributed by atoms with Crippen LogP contribution >= 0.6 is 0 Å². The molecule has 0 saturated carbocycles. The normalized spacial score (nSPS) is 16.7. The van der Waals surface area contributed by atoms with Crippen molar-refractivity contribution < 1.29 is 28.9 Å². The number of hydrogen-bond acceptors (Lipinski definition) is 6. The lowest BCUT2D eigenvalue weighted by Crippen LogP contribution is -2.29. The molecule has 39 heavy (non-hydrogen) atoms. The average molecular weight is 530 g/mol. The van der Waals surface area contributed by atoms with Gasteiger partial charge < -0.3 is 24.2 Å². The molecule has 7 nitrogen and oxygen atoms in total. The first kappa shape index (κ1) is 27.8. The van der Waals surface area contributed by atoms with E-state index in [1.165, 1.54) is 4.90 Å². The van der Waals surface area contributed by atoms with Gasteiger partial charge in [-0.1, -0.05) is 38.1 Å². The number of hydrogen-bond donors (Lipinski definition) is 1. The van der Waals surface area contributed by atoms with Crippen LogP contribution in [0.1, 0.15) is 61.9 Å². The van der Waals surface area contributed by atoms with Crippen LogP contribution in [-0.2, 0) is 16.1 Å². The van der Waals surface area contributed by atoms with Gasteiger partial charge in [0, 0.05) is 12.1 Å². The third-order valence-electron chi connectivity index (χ3n) is 6.72. The fraction of sp³-hybridized carbons (Fsp3) is 0.312. The predicted octanol–water partition coefficient (Wildman–Crippen LogP) is 6.24. The van der Waals surface area contributed by atoms with Crippen LogP contribution in [0.3, 0.4) is 0 Å². The number of ether oxygens (including phenoxy) is 3. The molecular formula is C32H35NO6. The number of ketones is 1. The predicted molar refractivity (Wildman–Crippen MR) is 150 cm³/mol. The lowest BCUT2D eigenvalue weighted by Gasteiger charge is -2.26. The third kappa shape index (κ3) is 5.77. The number of carbonyl (C=O) groups excluding carboxylic acids is 2. The van der Waals surface area contributed by atoms with Crippen molar-refractivity contribution in [2.75, 3.05) is 14.2 Å². The Bertz CT molecular complexity index is 1390. The van der Waals surface area contributed by atoms with Crippen molar-refractivity contribution in [3.05, 3.63) is 94.6 Å². The van der Waals surface area contributed by atoms with Gasteiger partial charge in [-0.05, 0) is 78.9 Å². The second kappa shape index (κ2) is 11.6. The van der Waals surface area contributed by atoms with E-state index in [2.05, 4.69) is 0 Å². The van der Waals surface area contributed by atoms with Crippen LogP contribution < -0.4 is 14.2 Å². The van der Waals surface area contributed by atoms with Gasteiger partial charge in [0.05, 0.1) is 31.9 Å². The van der Waals surface area contributed by atoms with E-state index in [1.807, 2.05) is 82.3 Å². The molecule has 0 aromatic heterocycles. The van der Waals surface area contributed by atoms with Gasteiger partial charge in [0.15, 0.2) is 0 Å². The highest BCUT2D eigenvalue weighted by atomic mass is 16.5. The standard InChI is InChI=1S/C32H35NO6/c1-19(2)26-17-23(12-15-27(26)38-6)30(34)28-29(22-8-7-9-25(16-22)39-20(3)4)33(32(36)31(28)35)18-21-10-13-24(37-5)14-11-21/h7-17,19-20,29,34H,18H2,1-6H3/b30-28+. The zero-order valence-electron chi connectivity index (χ0n) is 23.2. The van der Waals surface area contributed by atoms with Crippen LogP contribution in [-0.4, -0.2) is 42.0 Å². The number of rotatable bonds is 9. The quantitative estimate of drug-likeness (QED) is 0.201. The molecule has 0 aliphatic carbocycles. The number of Topliss-reactive ketones (excluding diaryl/α,β-unsaturated/α-hetero) is 1.